The molecule has 1 atom stereocenters. The second-order valence-corrected chi connectivity index (χ2v) is 7.89. The van der Waals surface area contributed by atoms with E-state index in [-0.39, 0.29) is 10.9 Å². The van der Waals surface area contributed by atoms with Crippen LogP contribution in [0, 0.1) is 0 Å². The van der Waals surface area contributed by atoms with Gasteiger partial charge in [-0.05, 0) is 30.9 Å². The molecule has 0 radical (unpaired) electrons. The van der Waals surface area contributed by atoms with Gasteiger partial charge in [0.25, 0.3) is 0 Å². The van der Waals surface area contributed by atoms with Crippen molar-refractivity contribution in [1.82, 2.24) is 4.72 Å². The summed E-state index contributed by atoms with van der Waals surface area (Å²) in [7, 11) is -2.12. The standard InChI is InChI=1S/C12H18BrNO3S2/c1-4-18-8-9(2)14-19(15,16)12-7-10(13)5-6-11(12)17-3/h5-7,9,14H,4,8H2,1-3H3. The van der Waals surface area contributed by atoms with Crippen molar-refractivity contribution in [3.05, 3.63) is 22.7 Å². The van der Waals surface area contributed by atoms with E-state index in [1.165, 1.54) is 7.11 Å². The lowest BCUT2D eigenvalue weighted by atomic mass is 10.3. The topological polar surface area (TPSA) is 55.4 Å². The molecule has 1 aromatic carbocycles. The molecule has 1 N–H and O–H groups in total. The minimum Gasteiger partial charge on any atom is -0.495 e. The van der Waals surface area contributed by atoms with E-state index in [4.69, 9.17) is 4.74 Å². The highest BCUT2D eigenvalue weighted by Gasteiger charge is 2.21. The first-order valence-corrected chi connectivity index (χ1v) is 9.27. The van der Waals surface area contributed by atoms with Crippen molar-refractivity contribution in [3.63, 3.8) is 0 Å². The minimum absolute atomic E-state index is 0.126. The lowest BCUT2D eigenvalue weighted by Crippen LogP contribution is -2.34. The molecule has 0 saturated heterocycles. The molecule has 0 saturated carbocycles. The lowest BCUT2D eigenvalue weighted by Gasteiger charge is -2.15. The summed E-state index contributed by atoms with van der Waals surface area (Å²) in [6.45, 7) is 3.90. The largest absolute Gasteiger partial charge is 0.495 e. The summed E-state index contributed by atoms with van der Waals surface area (Å²) in [4.78, 5) is 0.151. The Hall–Kier alpha value is -0.240. The number of nitrogens with one attached hydrogen (secondary N) is 1. The molecular formula is C12H18BrNO3S2. The zero-order valence-corrected chi connectivity index (χ0v) is 14.4. The van der Waals surface area contributed by atoms with Crippen molar-refractivity contribution in [3.8, 4) is 5.75 Å². The number of methoxy groups -OCH3 is 1. The third-order valence-corrected chi connectivity index (χ3v) is 5.59. The smallest absolute Gasteiger partial charge is 0.244 e. The maximum atomic E-state index is 12.3. The van der Waals surface area contributed by atoms with Crippen LogP contribution in [-0.4, -0.2) is 33.1 Å². The van der Waals surface area contributed by atoms with Gasteiger partial charge in [0.1, 0.15) is 10.6 Å². The number of benzene rings is 1. The first-order valence-electron chi connectivity index (χ1n) is 5.84. The Morgan fingerprint density at radius 3 is 2.74 bits per heavy atom. The fourth-order valence-corrected chi connectivity index (χ4v) is 4.25. The Labute approximate surface area is 127 Å². The second-order valence-electron chi connectivity index (χ2n) is 3.98. The molecular weight excluding hydrogens is 350 g/mol. The number of thioether (sulfide) groups is 1. The molecule has 0 aliphatic rings. The van der Waals surface area contributed by atoms with Crippen molar-refractivity contribution < 1.29 is 13.2 Å². The van der Waals surface area contributed by atoms with Crippen molar-refractivity contribution >= 4 is 37.7 Å². The average molecular weight is 368 g/mol. The van der Waals surface area contributed by atoms with Crippen molar-refractivity contribution in [2.45, 2.75) is 24.8 Å². The van der Waals surface area contributed by atoms with Crippen molar-refractivity contribution in [2.24, 2.45) is 0 Å². The van der Waals surface area contributed by atoms with E-state index in [2.05, 4.69) is 20.7 Å². The maximum Gasteiger partial charge on any atom is 0.244 e. The van der Waals surface area contributed by atoms with Gasteiger partial charge in [-0.3, -0.25) is 0 Å². The summed E-state index contributed by atoms with van der Waals surface area (Å²) >= 11 is 4.97. The molecule has 1 rings (SSSR count). The first kappa shape index (κ1) is 16.8. The van der Waals surface area contributed by atoms with E-state index >= 15 is 0 Å². The molecule has 0 heterocycles. The van der Waals surface area contributed by atoms with E-state index in [0.29, 0.717) is 10.2 Å². The monoisotopic (exact) mass is 367 g/mol. The van der Waals surface area contributed by atoms with Crippen LogP contribution < -0.4 is 9.46 Å². The molecule has 7 heteroatoms. The number of rotatable bonds is 7. The Bertz CT molecular complexity index is 520. The third kappa shape index (κ3) is 4.98. The molecule has 4 nitrogen and oxygen atoms in total. The number of sulfonamides is 1. The van der Waals surface area contributed by atoms with Gasteiger partial charge in [-0.25, -0.2) is 13.1 Å². The van der Waals surface area contributed by atoms with Crippen LogP contribution in [0.1, 0.15) is 13.8 Å². The number of hydrogen-bond donors (Lipinski definition) is 1. The van der Waals surface area contributed by atoms with Crippen LogP contribution in [0.5, 0.6) is 5.75 Å². The van der Waals surface area contributed by atoms with Gasteiger partial charge in [0.2, 0.25) is 10.0 Å². The highest BCUT2D eigenvalue weighted by Crippen LogP contribution is 2.27. The van der Waals surface area contributed by atoms with E-state index in [0.717, 1.165) is 11.5 Å². The van der Waals surface area contributed by atoms with Crippen LogP contribution in [-0.2, 0) is 10.0 Å². The Kier molecular flexibility index (Phi) is 6.65. The van der Waals surface area contributed by atoms with Gasteiger partial charge in [0.15, 0.2) is 0 Å². The van der Waals surface area contributed by atoms with E-state index in [9.17, 15) is 8.42 Å². The Morgan fingerprint density at radius 1 is 1.47 bits per heavy atom. The van der Waals surface area contributed by atoms with E-state index < -0.39 is 10.0 Å². The van der Waals surface area contributed by atoms with Gasteiger partial charge in [-0.2, -0.15) is 11.8 Å². The lowest BCUT2D eigenvalue weighted by molar-refractivity contribution is 0.402. The summed E-state index contributed by atoms with van der Waals surface area (Å²) < 4.78 is 33.1. The normalized spacial score (nSPS) is 13.3. The molecule has 0 aliphatic carbocycles. The first-order chi connectivity index (χ1) is 8.90. The van der Waals surface area contributed by atoms with Gasteiger partial charge in [-0.1, -0.05) is 22.9 Å². The van der Waals surface area contributed by atoms with Gasteiger partial charge in [0.05, 0.1) is 7.11 Å². The highest BCUT2D eigenvalue weighted by molar-refractivity contribution is 9.10. The molecule has 1 unspecified atom stereocenters. The summed E-state index contributed by atoms with van der Waals surface area (Å²) in [5, 5.41) is 0. The van der Waals surface area contributed by atoms with E-state index in [1.54, 1.807) is 30.0 Å². The van der Waals surface area contributed by atoms with E-state index in [1.807, 2.05) is 13.8 Å². The molecule has 108 valence electrons. The summed E-state index contributed by atoms with van der Waals surface area (Å²) in [6, 6.07) is 4.79. The fourth-order valence-electron chi connectivity index (χ4n) is 1.52. The third-order valence-electron chi connectivity index (χ3n) is 2.34. The van der Waals surface area contributed by atoms with Crippen LogP contribution in [0.2, 0.25) is 0 Å². The number of halogens is 1. The SMILES string of the molecule is CCSCC(C)NS(=O)(=O)c1cc(Br)ccc1OC. The van der Waals surface area contributed by atoms with Gasteiger partial charge < -0.3 is 4.74 Å². The zero-order chi connectivity index (χ0) is 14.5. The maximum absolute atomic E-state index is 12.3. The molecule has 0 aromatic heterocycles. The zero-order valence-electron chi connectivity index (χ0n) is 11.1. The van der Waals surface area contributed by atoms with Gasteiger partial charge in [-0.15, -0.1) is 0 Å². The fraction of sp³-hybridized carbons (Fsp3) is 0.500. The molecule has 0 aliphatic heterocycles. The number of ether oxygens (including phenoxy) is 1. The van der Waals surface area contributed by atoms with Crippen molar-refractivity contribution in [1.29, 1.82) is 0 Å². The molecule has 0 bridgehead atoms. The van der Waals surface area contributed by atoms with Crippen LogP contribution in [0.3, 0.4) is 0 Å². The highest BCUT2D eigenvalue weighted by atomic mass is 79.9. The predicted octanol–water partition coefficient (Wildman–Crippen LogP) is 2.88. The van der Waals surface area contributed by atoms with Crippen molar-refractivity contribution in [2.75, 3.05) is 18.6 Å². The van der Waals surface area contributed by atoms with Crippen LogP contribution >= 0.6 is 27.7 Å². The summed E-state index contributed by atoms with van der Waals surface area (Å²) in [5.41, 5.74) is 0. The molecule has 19 heavy (non-hydrogen) atoms. The predicted molar refractivity (Wildman–Crippen MR) is 83.5 cm³/mol. The molecule has 0 fully saturated rings. The minimum atomic E-state index is -3.57. The van der Waals surface area contributed by atoms with Gasteiger partial charge in [0, 0.05) is 16.3 Å². The Morgan fingerprint density at radius 2 is 2.16 bits per heavy atom. The van der Waals surface area contributed by atoms with Gasteiger partial charge >= 0.3 is 0 Å². The quantitative estimate of drug-likeness (QED) is 0.804. The molecule has 1 aromatic rings. The summed E-state index contributed by atoms with van der Waals surface area (Å²) in [6.07, 6.45) is 0. The second kappa shape index (κ2) is 7.52. The summed E-state index contributed by atoms with van der Waals surface area (Å²) in [5.74, 6) is 2.05. The number of hydrogen-bond acceptors (Lipinski definition) is 4. The average Bonchev–Trinajstić information content (AvgIpc) is 2.35. The van der Waals surface area contributed by atoms with Crippen LogP contribution in [0.15, 0.2) is 27.6 Å². The van der Waals surface area contributed by atoms with Crippen LogP contribution in [0.4, 0.5) is 0 Å². The Balaban J connectivity index is 2.96. The molecule has 0 amide bonds. The van der Waals surface area contributed by atoms with Crippen LogP contribution in [0.25, 0.3) is 0 Å². The molecule has 0 spiro atoms.